The number of likely N-dealkylation sites (N-methyl/N-ethyl adjacent to an activating group) is 1. The zero-order valence-corrected chi connectivity index (χ0v) is 20.7. The molecule has 0 fully saturated rings. The lowest BCUT2D eigenvalue weighted by molar-refractivity contribution is -0.274. The first kappa shape index (κ1) is 25.4. The highest BCUT2D eigenvalue weighted by Gasteiger charge is 2.39. The van der Waals surface area contributed by atoms with Gasteiger partial charge in [-0.2, -0.15) is 0 Å². The zero-order valence-electron chi connectivity index (χ0n) is 20.7. The Labute approximate surface area is 207 Å². The zero-order chi connectivity index (χ0) is 26.2. The Balaban J connectivity index is 1.80. The molecule has 2 aromatic carbocycles. The Morgan fingerprint density at radius 3 is 2.33 bits per heavy atom. The Morgan fingerprint density at radius 2 is 1.69 bits per heavy atom. The summed E-state index contributed by atoms with van der Waals surface area (Å²) in [6, 6.07) is 13.8. The number of hydrogen-bond acceptors (Lipinski definition) is 5. The number of ether oxygens (including phenoxy) is 1. The predicted molar refractivity (Wildman–Crippen MR) is 133 cm³/mol. The lowest BCUT2D eigenvalue weighted by Gasteiger charge is -2.31. The second-order valence-electron chi connectivity index (χ2n) is 9.07. The molecule has 0 spiro atoms. The van der Waals surface area contributed by atoms with Crippen LogP contribution in [-0.4, -0.2) is 28.7 Å². The molecule has 10 heteroatoms. The van der Waals surface area contributed by atoms with Crippen molar-refractivity contribution in [3.63, 3.8) is 0 Å². The fourth-order valence-electron chi connectivity index (χ4n) is 4.72. The SMILES string of the molecule is CCCn1c(=O)c2c(n(C)c1=O)N(C)C(Cc1cccc(OC(F)(F)F)c1)N2Cc1ccc(C)cc1. The number of halogens is 3. The molecule has 7 nitrogen and oxygen atoms in total. The minimum absolute atomic E-state index is 0.294. The van der Waals surface area contributed by atoms with Crippen molar-refractivity contribution in [3.05, 3.63) is 86.1 Å². The molecule has 1 unspecified atom stereocenters. The number of rotatable bonds is 7. The third kappa shape index (κ3) is 4.98. The molecule has 192 valence electrons. The molecule has 0 saturated carbocycles. The maximum absolute atomic E-state index is 13.6. The average Bonchev–Trinajstić information content (AvgIpc) is 3.07. The van der Waals surface area contributed by atoms with Crippen LogP contribution in [0, 0.1) is 6.92 Å². The number of aromatic nitrogens is 2. The largest absolute Gasteiger partial charge is 0.573 e. The first-order valence-electron chi connectivity index (χ1n) is 11.7. The van der Waals surface area contributed by atoms with Crippen LogP contribution in [0.2, 0.25) is 0 Å². The van der Waals surface area contributed by atoms with Gasteiger partial charge in [0.2, 0.25) is 0 Å². The number of hydrogen-bond donors (Lipinski definition) is 0. The van der Waals surface area contributed by atoms with Crippen molar-refractivity contribution < 1.29 is 17.9 Å². The van der Waals surface area contributed by atoms with Crippen LogP contribution < -0.4 is 25.8 Å². The van der Waals surface area contributed by atoms with E-state index in [0.29, 0.717) is 43.0 Å². The average molecular weight is 503 g/mol. The number of benzene rings is 2. The van der Waals surface area contributed by atoms with Gasteiger partial charge in [-0.05, 0) is 36.6 Å². The third-order valence-electron chi connectivity index (χ3n) is 6.39. The summed E-state index contributed by atoms with van der Waals surface area (Å²) in [5.74, 6) is 0.179. The smallest absolute Gasteiger partial charge is 0.406 e. The van der Waals surface area contributed by atoms with Crippen molar-refractivity contribution in [2.75, 3.05) is 16.8 Å². The van der Waals surface area contributed by atoms with E-state index in [4.69, 9.17) is 0 Å². The van der Waals surface area contributed by atoms with Gasteiger partial charge in [-0.1, -0.05) is 48.9 Å². The van der Waals surface area contributed by atoms with E-state index in [1.54, 1.807) is 20.2 Å². The van der Waals surface area contributed by atoms with E-state index >= 15 is 0 Å². The van der Waals surface area contributed by atoms with E-state index in [0.717, 1.165) is 11.1 Å². The Hall–Kier alpha value is -3.69. The van der Waals surface area contributed by atoms with Crippen molar-refractivity contribution in [1.82, 2.24) is 9.13 Å². The van der Waals surface area contributed by atoms with E-state index < -0.39 is 18.2 Å². The van der Waals surface area contributed by atoms with Gasteiger partial charge in [0.15, 0.2) is 0 Å². The molecule has 0 N–H and O–H groups in total. The quantitative estimate of drug-likeness (QED) is 0.485. The summed E-state index contributed by atoms with van der Waals surface area (Å²) in [4.78, 5) is 30.3. The molecule has 4 rings (SSSR count). The molecular formula is C26H29F3N4O3. The molecule has 0 amide bonds. The standard InChI is InChI=1S/C26H29F3N4O3/c1-5-13-32-24(34)22-23(31(4)25(32)35)30(3)21(33(22)16-18-11-9-17(2)10-12-18)15-19-7-6-8-20(14-19)36-26(27,28)29/h6-12,14,21H,5,13,15-16H2,1-4H3. The molecule has 1 aliphatic rings. The van der Waals surface area contributed by atoms with Crippen LogP contribution in [0.15, 0.2) is 58.1 Å². The Bertz CT molecular complexity index is 1360. The molecule has 0 aliphatic carbocycles. The highest BCUT2D eigenvalue weighted by Crippen LogP contribution is 2.37. The van der Waals surface area contributed by atoms with E-state index in [-0.39, 0.29) is 11.3 Å². The van der Waals surface area contributed by atoms with Crippen LogP contribution in [0.4, 0.5) is 24.7 Å². The summed E-state index contributed by atoms with van der Waals surface area (Å²) in [7, 11) is 3.42. The second kappa shape index (κ2) is 9.75. The molecule has 3 aromatic rings. The van der Waals surface area contributed by atoms with Crippen molar-refractivity contribution in [3.8, 4) is 5.75 Å². The molecule has 0 saturated heterocycles. The minimum Gasteiger partial charge on any atom is -0.406 e. The molecule has 36 heavy (non-hydrogen) atoms. The van der Waals surface area contributed by atoms with E-state index in [1.807, 2.05) is 47.9 Å². The highest BCUT2D eigenvalue weighted by molar-refractivity contribution is 5.73. The fourth-order valence-corrected chi connectivity index (χ4v) is 4.72. The summed E-state index contributed by atoms with van der Waals surface area (Å²) in [6.45, 7) is 4.57. The van der Waals surface area contributed by atoms with Gasteiger partial charge < -0.3 is 14.5 Å². The molecule has 0 radical (unpaired) electrons. The summed E-state index contributed by atoms with van der Waals surface area (Å²) in [6.07, 6.45) is -4.29. The van der Waals surface area contributed by atoms with Gasteiger partial charge in [0, 0.05) is 33.6 Å². The van der Waals surface area contributed by atoms with Crippen LogP contribution >= 0.6 is 0 Å². The van der Waals surface area contributed by atoms with Crippen LogP contribution in [0.3, 0.4) is 0 Å². The minimum atomic E-state index is -4.79. The lowest BCUT2D eigenvalue weighted by atomic mass is 10.1. The van der Waals surface area contributed by atoms with Crippen molar-refractivity contribution in [2.24, 2.45) is 7.05 Å². The topological polar surface area (TPSA) is 59.7 Å². The van der Waals surface area contributed by atoms with Gasteiger partial charge in [0.05, 0.1) is 0 Å². The monoisotopic (exact) mass is 502 g/mol. The Kier molecular flexibility index (Phi) is 6.88. The summed E-state index contributed by atoms with van der Waals surface area (Å²) >= 11 is 0. The van der Waals surface area contributed by atoms with E-state index in [1.165, 1.54) is 27.3 Å². The van der Waals surface area contributed by atoms with Gasteiger partial charge in [-0.3, -0.25) is 13.9 Å². The number of anilines is 2. The van der Waals surface area contributed by atoms with Crippen LogP contribution in [0.5, 0.6) is 5.75 Å². The fraction of sp³-hybridized carbons (Fsp3) is 0.385. The van der Waals surface area contributed by atoms with Crippen molar-refractivity contribution in [1.29, 1.82) is 0 Å². The number of alkyl halides is 3. The molecule has 1 atom stereocenters. The van der Waals surface area contributed by atoms with Crippen LogP contribution in [0.25, 0.3) is 0 Å². The number of nitrogens with zero attached hydrogens (tertiary/aromatic N) is 4. The molecule has 1 aliphatic heterocycles. The van der Waals surface area contributed by atoms with Crippen molar-refractivity contribution in [2.45, 2.75) is 52.3 Å². The highest BCUT2D eigenvalue weighted by atomic mass is 19.4. The van der Waals surface area contributed by atoms with E-state index in [9.17, 15) is 22.8 Å². The predicted octanol–water partition coefficient (Wildman–Crippen LogP) is 4.19. The first-order valence-corrected chi connectivity index (χ1v) is 11.7. The van der Waals surface area contributed by atoms with Crippen molar-refractivity contribution >= 4 is 11.5 Å². The normalized spacial score (nSPS) is 15.4. The summed E-state index contributed by atoms with van der Waals surface area (Å²) in [5, 5.41) is 0. The van der Waals surface area contributed by atoms with E-state index in [2.05, 4.69) is 4.74 Å². The lowest BCUT2D eigenvalue weighted by Crippen LogP contribution is -2.44. The molecular weight excluding hydrogens is 473 g/mol. The number of fused-ring (bicyclic) bond motifs is 1. The number of aryl methyl sites for hydroxylation is 1. The van der Waals surface area contributed by atoms with Gasteiger partial charge in [0.1, 0.15) is 23.4 Å². The van der Waals surface area contributed by atoms with Gasteiger partial charge in [-0.15, -0.1) is 13.2 Å². The molecule has 1 aromatic heterocycles. The first-order chi connectivity index (χ1) is 17.0. The molecule has 0 bridgehead atoms. The second-order valence-corrected chi connectivity index (χ2v) is 9.07. The maximum Gasteiger partial charge on any atom is 0.573 e. The molecule has 2 heterocycles. The van der Waals surface area contributed by atoms with Crippen LogP contribution in [-0.2, 0) is 26.6 Å². The van der Waals surface area contributed by atoms with Gasteiger partial charge >= 0.3 is 12.1 Å². The third-order valence-corrected chi connectivity index (χ3v) is 6.39. The van der Waals surface area contributed by atoms with Crippen LogP contribution in [0.1, 0.15) is 30.0 Å². The Morgan fingerprint density at radius 1 is 1.00 bits per heavy atom. The van der Waals surface area contributed by atoms with Gasteiger partial charge in [-0.25, -0.2) is 4.79 Å². The summed E-state index contributed by atoms with van der Waals surface area (Å²) < 4.78 is 45.1. The summed E-state index contributed by atoms with van der Waals surface area (Å²) in [5.41, 5.74) is 2.31. The maximum atomic E-state index is 13.6. The van der Waals surface area contributed by atoms with Gasteiger partial charge in [0.25, 0.3) is 5.56 Å².